The van der Waals surface area contributed by atoms with Crippen LogP contribution in [-0.2, 0) is 0 Å². The van der Waals surface area contributed by atoms with Crippen LogP contribution in [0.2, 0.25) is 15.1 Å². The second kappa shape index (κ2) is 8.45. The summed E-state index contributed by atoms with van der Waals surface area (Å²) >= 11 is 17.7. The van der Waals surface area contributed by atoms with Crippen molar-refractivity contribution in [1.29, 1.82) is 0 Å². The maximum atomic E-state index is 13.7. The largest absolute Gasteiger partial charge is 0.399 e. The fourth-order valence-electron chi connectivity index (χ4n) is 3.07. The van der Waals surface area contributed by atoms with Gasteiger partial charge >= 0.3 is 6.18 Å². The van der Waals surface area contributed by atoms with Crippen molar-refractivity contribution in [2.75, 3.05) is 0 Å². The van der Waals surface area contributed by atoms with E-state index in [4.69, 9.17) is 34.8 Å². The number of halogens is 6. The number of carbonyl (C=O) groups is 1. The topological polar surface area (TPSA) is 29.1 Å². The van der Waals surface area contributed by atoms with E-state index in [1.54, 1.807) is 25.1 Å². The Morgan fingerprint density at radius 2 is 1.73 bits per heavy atom. The molecule has 8 heteroatoms. The van der Waals surface area contributed by atoms with Crippen LogP contribution in [0.25, 0.3) is 6.08 Å². The molecular formula is C22H19Cl3F3NO. The third-order valence-corrected chi connectivity index (χ3v) is 6.31. The molecule has 1 atom stereocenters. The smallest absolute Gasteiger partial charge is 0.347 e. The van der Waals surface area contributed by atoms with Crippen molar-refractivity contribution in [1.82, 2.24) is 5.32 Å². The lowest BCUT2D eigenvalue weighted by Crippen LogP contribution is -2.34. The van der Waals surface area contributed by atoms with Gasteiger partial charge in [0.1, 0.15) is 0 Å². The Balaban J connectivity index is 1.86. The van der Waals surface area contributed by atoms with Gasteiger partial charge in [0.15, 0.2) is 0 Å². The van der Waals surface area contributed by atoms with Gasteiger partial charge in [0.05, 0.1) is 21.0 Å². The number of benzene rings is 2. The van der Waals surface area contributed by atoms with Gasteiger partial charge in [-0.25, -0.2) is 0 Å². The first-order valence-corrected chi connectivity index (χ1v) is 10.4. The van der Waals surface area contributed by atoms with Gasteiger partial charge in [0.25, 0.3) is 5.91 Å². The molecule has 1 fully saturated rings. The van der Waals surface area contributed by atoms with Gasteiger partial charge in [-0.05, 0) is 61.6 Å². The van der Waals surface area contributed by atoms with Crippen LogP contribution >= 0.6 is 34.8 Å². The van der Waals surface area contributed by atoms with E-state index in [1.165, 1.54) is 6.08 Å². The molecule has 1 aliphatic carbocycles. The molecule has 1 N–H and O–H groups in total. The van der Waals surface area contributed by atoms with E-state index in [0.29, 0.717) is 16.7 Å². The van der Waals surface area contributed by atoms with Crippen LogP contribution in [0.4, 0.5) is 13.2 Å². The first kappa shape index (κ1) is 23.0. The molecule has 30 heavy (non-hydrogen) atoms. The molecule has 1 amide bonds. The number of nitrogens with one attached hydrogen (secondary N) is 1. The number of carbonyl (C=O) groups excluding carboxylic acids is 1. The summed E-state index contributed by atoms with van der Waals surface area (Å²) in [5, 5.41) is 2.89. The number of rotatable bonds is 5. The molecule has 0 spiro atoms. The number of hydrogen-bond donors (Lipinski definition) is 1. The summed E-state index contributed by atoms with van der Waals surface area (Å²) in [4.78, 5) is 12.4. The molecule has 2 nitrogen and oxygen atoms in total. The summed E-state index contributed by atoms with van der Waals surface area (Å²) in [6, 6.07) is 7.23. The summed E-state index contributed by atoms with van der Waals surface area (Å²) < 4.78 is 41.0. The first-order chi connectivity index (χ1) is 13.9. The molecule has 160 valence electrons. The average Bonchev–Trinajstić information content (AvgIpc) is 3.35. The molecule has 0 radical (unpaired) electrons. The maximum absolute atomic E-state index is 13.7. The molecule has 0 aliphatic heterocycles. The molecule has 1 saturated carbocycles. The average molecular weight is 477 g/mol. The number of aryl methyl sites for hydroxylation is 1. The van der Waals surface area contributed by atoms with Crippen molar-refractivity contribution in [3.8, 4) is 0 Å². The van der Waals surface area contributed by atoms with Gasteiger partial charge < -0.3 is 5.32 Å². The molecule has 2 aromatic rings. The van der Waals surface area contributed by atoms with Crippen LogP contribution in [0.15, 0.2) is 36.4 Å². The molecular weight excluding hydrogens is 458 g/mol. The molecule has 2 aromatic carbocycles. The zero-order valence-corrected chi connectivity index (χ0v) is 18.5. The van der Waals surface area contributed by atoms with E-state index in [2.05, 4.69) is 5.32 Å². The van der Waals surface area contributed by atoms with Gasteiger partial charge in [-0.2, -0.15) is 13.2 Å². The van der Waals surface area contributed by atoms with Crippen molar-refractivity contribution >= 4 is 46.8 Å². The molecule has 0 bridgehead atoms. The highest BCUT2D eigenvalue weighted by Crippen LogP contribution is 2.41. The second-order valence-corrected chi connectivity index (χ2v) is 8.96. The van der Waals surface area contributed by atoms with Crippen molar-refractivity contribution in [2.45, 2.75) is 44.3 Å². The molecule has 3 rings (SSSR count). The highest BCUT2D eigenvalue weighted by Gasteiger charge is 2.40. The van der Waals surface area contributed by atoms with Crippen molar-refractivity contribution < 1.29 is 18.0 Å². The lowest BCUT2D eigenvalue weighted by Gasteiger charge is -2.18. The number of hydrogen-bond acceptors (Lipinski definition) is 1. The minimum atomic E-state index is -4.55. The summed E-state index contributed by atoms with van der Waals surface area (Å²) in [6.07, 6.45) is -0.265. The van der Waals surface area contributed by atoms with Crippen LogP contribution in [-0.4, -0.2) is 17.6 Å². The molecule has 1 unspecified atom stereocenters. The van der Waals surface area contributed by atoms with Crippen molar-refractivity contribution in [3.63, 3.8) is 0 Å². The lowest BCUT2D eigenvalue weighted by atomic mass is 9.96. The number of alkyl halides is 3. The summed E-state index contributed by atoms with van der Waals surface area (Å²) in [7, 11) is 0. The van der Waals surface area contributed by atoms with E-state index in [-0.39, 0.29) is 32.1 Å². The quantitative estimate of drug-likeness (QED) is 0.442. The first-order valence-electron chi connectivity index (χ1n) is 9.22. The second-order valence-electron chi connectivity index (χ2n) is 7.77. The SMILES string of the molecule is Cc1cc(/C=C/C(c2cc(Cl)c(Cl)c(Cl)c2)C(F)(F)F)ccc1C(=O)NC1(C)CC1. The molecule has 0 heterocycles. The van der Waals surface area contributed by atoms with Gasteiger partial charge in [-0.15, -0.1) is 0 Å². The third-order valence-electron chi connectivity index (χ3n) is 5.11. The monoisotopic (exact) mass is 475 g/mol. The predicted molar refractivity (Wildman–Crippen MR) is 116 cm³/mol. The van der Waals surface area contributed by atoms with E-state index < -0.39 is 12.1 Å². The third kappa shape index (κ3) is 5.32. The number of allylic oxidation sites excluding steroid dienone is 1. The Kier molecular flexibility index (Phi) is 6.47. The van der Waals surface area contributed by atoms with Gasteiger partial charge in [0, 0.05) is 11.1 Å². The van der Waals surface area contributed by atoms with Gasteiger partial charge in [0.2, 0.25) is 0 Å². The maximum Gasteiger partial charge on any atom is 0.399 e. The Hall–Kier alpha value is -1.69. The Labute approximate surface area is 188 Å². The highest BCUT2D eigenvalue weighted by molar-refractivity contribution is 6.48. The molecule has 0 saturated heterocycles. The zero-order chi connectivity index (χ0) is 22.3. The summed E-state index contributed by atoms with van der Waals surface area (Å²) in [6.45, 7) is 3.73. The minimum Gasteiger partial charge on any atom is -0.347 e. The Bertz CT molecular complexity index is 990. The molecule has 1 aliphatic rings. The van der Waals surface area contributed by atoms with E-state index in [0.717, 1.165) is 31.1 Å². The van der Waals surface area contributed by atoms with Gasteiger partial charge in [-0.3, -0.25) is 4.79 Å². The van der Waals surface area contributed by atoms with Gasteiger partial charge in [-0.1, -0.05) is 59.1 Å². The minimum absolute atomic E-state index is 0.0107. The van der Waals surface area contributed by atoms with Crippen molar-refractivity contribution in [3.05, 3.63) is 73.7 Å². The normalized spacial score (nSPS) is 16.5. The summed E-state index contributed by atoms with van der Waals surface area (Å²) in [5.41, 5.74) is 1.47. The fraction of sp³-hybridized carbons (Fsp3) is 0.318. The van der Waals surface area contributed by atoms with E-state index in [9.17, 15) is 18.0 Å². The molecule has 0 aromatic heterocycles. The number of amides is 1. The van der Waals surface area contributed by atoms with Crippen LogP contribution in [0.1, 0.15) is 52.7 Å². The zero-order valence-electron chi connectivity index (χ0n) is 16.2. The van der Waals surface area contributed by atoms with Crippen LogP contribution in [0, 0.1) is 6.92 Å². The van der Waals surface area contributed by atoms with Crippen LogP contribution in [0.5, 0.6) is 0 Å². The van der Waals surface area contributed by atoms with Crippen LogP contribution < -0.4 is 5.32 Å². The standard InChI is InChI=1S/C22H19Cl3F3NO/c1-12-9-13(3-5-15(12)20(30)29-21(2)7-8-21)4-6-16(22(26,27)28)14-10-17(23)19(25)18(24)11-14/h3-6,9-11,16H,7-8H2,1-2H3,(H,29,30)/b6-4+. The van der Waals surface area contributed by atoms with E-state index >= 15 is 0 Å². The van der Waals surface area contributed by atoms with Crippen LogP contribution in [0.3, 0.4) is 0 Å². The fourth-order valence-corrected chi connectivity index (χ4v) is 3.68. The van der Waals surface area contributed by atoms with E-state index in [1.807, 2.05) is 6.92 Å². The predicted octanol–water partition coefficient (Wildman–Crippen LogP) is 7.60. The Morgan fingerprint density at radius 3 is 2.23 bits per heavy atom. The van der Waals surface area contributed by atoms with Crippen molar-refractivity contribution in [2.24, 2.45) is 0 Å². The highest BCUT2D eigenvalue weighted by atomic mass is 35.5. The Morgan fingerprint density at radius 1 is 1.13 bits per heavy atom. The summed E-state index contributed by atoms with van der Waals surface area (Å²) in [5.74, 6) is -2.09. The lowest BCUT2D eigenvalue weighted by molar-refractivity contribution is -0.139.